The number of likely N-dealkylation sites (tertiary alicyclic amines) is 1. The summed E-state index contributed by atoms with van der Waals surface area (Å²) in [5.41, 5.74) is 2.72. The van der Waals surface area contributed by atoms with Crippen molar-refractivity contribution in [2.75, 3.05) is 33.7 Å². The minimum Gasteiger partial charge on any atom is -0.463 e. The predicted molar refractivity (Wildman–Crippen MR) is 83.5 cm³/mol. The second-order valence-corrected chi connectivity index (χ2v) is 6.17. The first-order valence-corrected chi connectivity index (χ1v) is 7.52. The summed E-state index contributed by atoms with van der Waals surface area (Å²) in [4.78, 5) is 16.7. The number of nitrogens with zero attached hydrogens (tertiary/aromatic N) is 2. The van der Waals surface area contributed by atoms with E-state index in [-0.39, 0.29) is 5.91 Å². The lowest BCUT2D eigenvalue weighted by atomic mass is 9.98. The Bertz CT molecular complexity index is 654. The van der Waals surface area contributed by atoms with E-state index >= 15 is 0 Å². The second-order valence-electron chi connectivity index (χ2n) is 6.17. The molecule has 2 heterocycles. The zero-order valence-electron chi connectivity index (χ0n) is 12.9. The lowest BCUT2D eigenvalue weighted by Crippen LogP contribution is -2.53. The van der Waals surface area contributed by atoms with Crippen LogP contribution in [0.4, 0.5) is 0 Å². The molecule has 112 valence electrons. The Hall–Kier alpha value is -1.81. The highest BCUT2D eigenvalue weighted by molar-refractivity contribution is 6.06. The molecule has 3 rings (SSSR count). The van der Waals surface area contributed by atoms with Gasteiger partial charge in [-0.2, -0.15) is 0 Å². The van der Waals surface area contributed by atoms with E-state index in [2.05, 4.69) is 38.1 Å². The number of rotatable bonds is 4. The van der Waals surface area contributed by atoms with Gasteiger partial charge in [-0.25, -0.2) is 0 Å². The van der Waals surface area contributed by atoms with Gasteiger partial charge >= 0.3 is 0 Å². The molecule has 1 aromatic heterocycles. The van der Waals surface area contributed by atoms with Crippen LogP contribution in [0.1, 0.15) is 22.8 Å². The summed E-state index contributed by atoms with van der Waals surface area (Å²) in [6.07, 6.45) is 2.56. The molecule has 0 saturated carbocycles. The Morgan fingerprint density at radius 1 is 1.38 bits per heavy atom. The number of aryl methyl sites for hydroxylation is 1. The van der Waals surface area contributed by atoms with Gasteiger partial charge in [-0.15, -0.1) is 0 Å². The van der Waals surface area contributed by atoms with Gasteiger partial charge in [-0.1, -0.05) is 13.0 Å². The Balaban J connectivity index is 1.77. The molecular formula is C17H22N2O2. The molecule has 1 aliphatic heterocycles. The van der Waals surface area contributed by atoms with Crippen LogP contribution in [-0.4, -0.2) is 49.4 Å². The molecule has 0 aliphatic carbocycles. The van der Waals surface area contributed by atoms with Crippen LogP contribution in [0.5, 0.6) is 0 Å². The van der Waals surface area contributed by atoms with Crippen molar-refractivity contribution in [1.82, 2.24) is 9.80 Å². The maximum absolute atomic E-state index is 12.6. The van der Waals surface area contributed by atoms with Gasteiger partial charge in [0.25, 0.3) is 5.91 Å². The summed E-state index contributed by atoms with van der Waals surface area (Å²) in [5.74, 6) is 0.685. The lowest BCUT2D eigenvalue weighted by Gasteiger charge is -2.40. The average Bonchev–Trinajstić information content (AvgIpc) is 2.84. The fourth-order valence-corrected chi connectivity index (χ4v) is 3.00. The number of fused-ring (bicyclic) bond motifs is 1. The molecule has 0 spiro atoms. The number of benzene rings is 1. The van der Waals surface area contributed by atoms with Gasteiger partial charge < -0.3 is 14.2 Å². The third-order valence-electron chi connectivity index (χ3n) is 4.14. The number of hydrogen-bond donors (Lipinski definition) is 0. The number of carbonyl (C=O) groups is 1. The third-order valence-corrected chi connectivity index (χ3v) is 4.14. The molecule has 2 aromatic rings. The number of furan rings is 1. The Morgan fingerprint density at radius 2 is 2.14 bits per heavy atom. The van der Waals surface area contributed by atoms with Crippen molar-refractivity contribution in [2.45, 2.75) is 13.3 Å². The van der Waals surface area contributed by atoms with Gasteiger partial charge in [0.1, 0.15) is 11.8 Å². The SMILES string of the molecule is CCc1ccc2occ(C(=O)N3CC(CN(C)C)C3)c2c1. The second kappa shape index (κ2) is 5.53. The zero-order valence-corrected chi connectivity index (χ0v) is 12.9. The van der Waals surface area contributed by atoms with E-state index in [4.69, 9.17) is 4.42 Å². The van der Waals surface area contributed by atoms with Crippen molar-refractivity contribution in [3.8, 4) is 0 Å². The van der Waals surface area contributed by atoms with Crippen molar-refractivity contribution in [2.24, 2.45) is 5.92 Å². The van der Waals surface area contributed by atoms with E-state index in [0.717, 1.165) is 37.0 Å². The van der Waals surface area contributed by atoms with Gasteiger partial charge in [-0.3, -0.25) is 4.79 Å². The van der Waals surface area contributed by atoms with Crippen LogP contribution in [0.25, 0.3) is 11.0 Å². The Kier molecular flexibility index (Phi) is 3.72. The maximum Gasteiger partial charge on any atom is 0.257 e. The fourth-order valence-electron chi connectivity index (χ4n) is 3.00. The van der Waals surface area contributed by atoms with Crippen LogP contribution < -0.4 is 0 Å². The van der Waals surface area contributed by atoms with E-state index in [0.29, 0.717) is 11.5 Å². The van der Waals surface area contributed by atoms with Crippen LogP contribution >= 0.6 is 0 Å². The highest BCUT2D eigenvalue weighted by Crippen LogP contribution is 2.27. The minimum atomic E-state index is 0.0945. The molecule has 1 aliphatic rings. The molecule has 1 saturated heterocycles. The largest absolute Gasteiger partial charge is 0.463 e. The quantitative estimate of drug-likeness (QED) is 0.867. The van der Waals surface area contributed by atoms with Crippen LogP contribution in [0.3, 0.4) is 0 Å². The highest BCUT2D eigenvalue weighted by Gasteiger charge is 2.32. The van der Waals surface area contributed by atoms with Crippen molar-refractivity contribution in [3.05, 3.63) is 35.6 Å². The first-order chi connectivity index (χ1) is 10.1. The van der Waals surface area contributed by atoms with E-state index in [9.17, 15) is 4.79 Å². The molecule has 0 N–H and O–H groups in total. The molecule has 0 bridgehead atoms. The van der Waals surface area contributed by atoms with Crippen LogP contribution in [0, 0.1) is 5.92 Å². The lowest BCUT2D eigenvalue weighted by molar-refractivity contribution is 0.0451. The van der Waals surface area contributed by atoms with Gasteiger partial charge in [-0.05, 0) is 38.2 Å². The summed E-state index contributed by atoms with van der Waals surface area (Å²) < 4.78 is 5.52. The summed E-state index contributed by atoms with van der Waals surface area (Å²) in [6, 6.07) is 6.08. The highest BCUT2D eigenvalue weighted by atomic mass is 16.3. The summed E-state index contributed by atoms with van der Waals surface area (Å²) >= 11 is 0. The number of amides is 1. The summed E-state index contributed by atoms with van der Waals surface area (Å²) in [7, 11) is 4.14. The zero-order chi connectivity index (χ0) is 15.0. The molecule has 1 aromatic carbocycles. The van der Waals surface area contributed by atoms with Crippen molar-refractivity contribution in [3.63, 3.8) is 0 Å². The topological polar surface area (TPSA) is 36.7 Å². The molecule has 0 unspecified atom stereocenters. The third kappa shape index (κ3) is 2.68. The molecule has 21 heavy (non-hydrogen) atoms. The van der Waals surface area contributed by atoms with Crippen LogP contribution in [0.15, 0.2) is 28.9 Å². The number of hydrogen-bond acceptors (Lipinski definition) is 3. The Labute approximate surface area is 125 Å². The van der Waals surface area contributed by atoms with E-state index < -0.39 is 0 Å². The van der Waals surface area contributed by atoms with E-state index in [1.54, 1.807) is 6.26 Å². The monoisotopic (exact) mass is 286 g/mol. The standard InChI is InChI=1S/C17H22N2O2/c1-4-12-5-6-16-14(7-12)15(11-21-16)17(20)19-9-13(10-19)8-18(2)3/h5-7,11,13H,4,8-10H2,1-3H3. The maximum atomic E-state index is 12.6. The minimum absolute atomic E-state index is 0.0945. The molecule has 1 amide bonds. The van der Waals surface area contributed by atoms with Crippen LogP contribution in [-0.2, 0) is 6.42 Å². The fraction of sp³-hybridized carbons (Fsp3) is 0.471. The average molecular weight is 286 g/mol. The Morgan fingerprint density at radius 3 is 2.81 bits per heavy atom. The number of carbonyl (C=O) groups excluding carboxylic acids is 1. The van der Waals surface area contributed by atoms with E-state index in [1.807, 2.05) is 11.0 Å². The first-order valence-electron chi connectivity index (χ1n) is 7.52. The van der Waals surface area contributed by atoms with Crippen molar-refractivity contribution in [1.29, 1.82) is 0 Å². The normalized spacial score (nSPS) is 15.7. The van der Waals surface area contributed by atoms with Gasteiger partial charge in [0, 0.05) is 30.9 Å². The van der Waals surface area contributed by atoms with Gasteiger partial charge in [0.15, 0.2) is 0 Å². The smallest absolute Gasteiger partial charge is 0.257 e. The molecule has 4 heteroatoms. The van der Waals surface area contributed by atoms with Gasteiger partial charge in [0.05, 0.1) is 5.56 Å². The molecule has 4 nitrogen and oxygen atoms in total. The molecule has 1 fully saturated rings. The molecule has 0 atom stereocenters. The molecule has 0 radical (unpaired) electrons. The predicted octanol–water partition coefficient (Wildman–Crippen LogP) is 2.63. The van der Waals surface area contributed by atoms with E-state index in [1.165, 1.54) is 5.56 Å². The summed E-state index contributed by atoms with van der Waals surface area (Å²) in [6.45, 7) is 4.84. The van der Waals surface area contributed by atoms with Crippen LogP contribution in [0.2, 0.25) is 0 Å². The van der Waals surface area contributed by atoms with Crippen molar-refractivity contribution >= 4 is 16.9 Å². The van der Waals surface area contributed by atoms with Crippen molar-refractivity contribution < 1.29 is 9.21 Å². The first kappa shape index (κ1) is 14.1. The molecular weight excluding hydrogens is 264 g/mol. The summed E-state index contributed by atoms with van der Waals surface area (Å²) in [5, 5.41) is 0.940. The van der Waals surface area contributed by atoms with Gasteiger partial charge in [0.2, 0.25) is 0 Å².